The van der Waals surface area contributed by atoms with E-state index >= 15 is 0 Å². The number of nitriles is 1. The smallest absolute Gasteiger partial charge is 0.101 e. The first-order valence-electron chi connectivity index (χ1n) is 7.37. The molecule has 3 nitrogen and oxygen atoms in total. The first-order valence-corrected chi connectivity index (χ1v) is 7.75. The molecule has 0 bridgehead atoms. The SMILES string of the molecule is CCCN(c1ccc(C#N)c(Cl)c1)C1CCC(N)CC1. The Morgan fingerprint density at radius 2 is 2.05 bits per heavy atom. The zero-order chi connectivity index (χ0) is 14.5. The van der Waals surface area contributed by atoms with Gasteiger partial charge in [-0.2, -0.15) is 5.26 Å². The van der Waals surface area contributed by atoms with Gasteiger partial charge in [0, 0.05) is 24.3 Å². The molecular weight excluding hydrogens is 270 g/mol. The normalized spacial score (nSPS) is 22.3. The highest BCUT2D eigenvalue weighted by Crippen LogP contribution is 2.30. The minimum atomic E-state index is 0.360. The van der Waals surface area contributed by atoms with Crippen molar-refractivity contribution >= 4 is 17.3 Å². The topological polar surface area (TPSA) is 53.0 Å². The van der Waals surface area contributed by atoms with Gasteiger partial charge in [0.15, 0.2) is 0 Å². The lowest BCUT2D eigenvalue weighted by Crippen LogP contribution is -2.41. The Balaban J connectivity index is 2.20. The first-order chi connectivity index (χ1) is 9.65. The summed E-state index contributed by atoms with van der Waals surface area (Å²) in [5.41, 5.74) is 7.66. The summed E-state index contributed by atoms with van der Waals surface area (Å²) in [6.45, 7) is 3.20. The van der Waals surface area contributed by atoms with Crippen molar-refractivity contribution in [1.29, 1.82) is 5.26 Å². The van der Waals surface area contributed by atoms with Gasteiger partial charge in [0.25, 0.3) is 0 Å². The Kier molecular flexibility index (Phi) is 5.28. The summed E-state index contributed by atoms with van der Waals surface area (Å²) >= 11 is 6.17. The van der Waals surface area contributed by atoms with Gasteiger partial charge in [-0.25, -0.2) is 0 Å². The van der Waals surface area contributed by atoms with Crippen LogP contribution < -0.4 is 10.6 Å². The summed E-state index contributed by atoms with van der Waals surface area (Å²) in [5.74, 6) is 0. The molecule has 0 aliphatic heterocycles. The van der Waals surface area contributed by atoms with Crippen molar-refractivity contribution in [2.75, 3.05) is 11.4 Å². The number of benzene rings is 1. The molecule has 0 unspecified atom stereocenters. The standard InChI is InChI=1S/C16H22ClN3/c1-2-9-20(14-7-4-13(19)5-8-14)15-6-3-12(11-18)16(17)10-15/h3,6,10,13-14H,2,4-5,7-9,19H2,1H3. The molecule has 1 aliphatic carbocycles. The van der Waals surface area contributed by atoms with Gasteiger partial charge in [-0.15, -0.1) is 0 Å². The number of rotatable bonds is 4. The van der Waals surface area contributed by atoms with Crippen LogP contribution in [0.3, 0.4) is 0 Å². The van der Waals surface area contributed by atoms with Crippen molar-refractivity contribution in [2.24, 2.45) is 5.73 Å². The van der Waals surface area contributed by atoms with Crippen molar-refractivity contribution in [2.45, 2.75) is 51.1 Å². The zero-order valence-electron chi connectivity index (χ0n) is 12.0. The van der Waals surface area contributed by atoms with Crippen LogP contribution in [0.25, 0.3) is 0 Å². The maximum Gasteiger partial charge on any atom is 0.101 e. The van der Waals surface area contributed by atoms with Crippen molar-refractivity contribution in [3.63, 3.8) is 0 Å². The van der Waals surface area contributed by atoms with E-state index in [1.807, 2.05) is 18.2 Å². The summed E-state index contributed by atoms with van der Waals surface area (Å²) < 4.78 is 0. The highest BCUT2D eigenvalue weighted by Gasteiger charge is 2.24. The Morgan fingerprint density at radius 3 is 2.60 bits per heavy atom. The van der Waals surface area contributed by atoms with Crippen LogP contribution in [0, 0.1) is 11.3 Å². The van der Waals surface area contributed by atoms with Gasteiger partial charge >= 0.3 is 0 Å². The van der Waals surface area contributed by atoms with Crippen LogP contribution in [0.4, 0.5) is 5.69 Å². The molecule has 0 heterocycles. The second-order valence-electron chi connectivity index (χ2n) is 5.54. The lowest BCUT2D eigenvalue weighted by atomic mass is 9.90. The van der Waals surface area contributed by atoms with E-state index < -0.39 is 0 Å². The van der Waals surface area contributed by atoms with Gasteiger partial charge in [-0.05, 0) is 50.3 Å². The van der Waals surface area contributed by atoms with E-state index in [-0.39, 0.29) is 0 Å². The molecule has 0 radical (unpaired) electrons. The Hall–Kier alpha value is -1.24. The van der Waals surface area contributed by atoms with Gasteiger partial charge in [0.05, 0.1) is 10.6 Å². The number of anilines is 1. The van der Waals surface area contributed by atoms with Crippen LogP contribution in [0.5, 0.6) is 0 Å². The molecule has 1 aromatic carbocycles. The van der Waals surface area contributed by atoms with Gasteiger partial charge in [-0.3, -0.25) is 0 Å². The summed E-state index contributed by atoms with van der Waals surface area (Å²) in [4.78, 5) is 2.43. The number of nitrogens with two attached hydrogens (primary N) is 1. The molecule has 0 atom stereocenters. The molecule has 2 N–H and O–H groups in total. The van der Waals surface area contributed by atoms with Crippen molar-refractivity contribution in [3.05, 3.63) is 28.8 Å². The van der Waals surface area contributed by atoms with Crippen LogP contribution in [-0.2, 0) is 0 Å². The number of hydrogen-bond acceptors (Lipinski definition) is 3. The van der Waals surface area contributed by atoms with Crippen LogP contribution in [0.15, 0.2) is 18.2 Å². The Bertz CT molecular complexity index is 487. The first kappa shape index (κ1) is 15.2. The molecule has 108 valence electrons. The van der Waals surface area contributed by atoms with E-state index in [0.29, 0.717) is 22.7 Å². The van der Waals surface area contributed by atoms with Crippen LogP contribution in [0.1, 0.15) is 44.6 Å². The molecule has 1 fully saturated rings. The second-order valence-corrected chi connectivity index (χ2v) is 5.95. The van der Waals surface area contributed by atoms with E-state index in [1.54, 1.807) is 0 Å². The van der Waals surface area contributed by atoms with E-state index in [2.05, 4.69) is 17.9 Å². The third-order valence-corrected chi connectivity index (χ3v) is 4.36. The highest BCUT2D eigenvalue weighted by atomic mass is 35.5. The van der Waals surface area contributed by atoms with Gasteiger partial charge in [0.1, 0.15) is 6.07 Å². The quantitative estimate of drug-likeness (QED) is 0.920. The van der Waals surface area contributed by atoms with Gasteiger partial charge in [-0.1, -0.05) is 18.5 Å². The summed E-state index contributed by atoms with van der Waals surface area (Å²) in [6.07, 6.45) is 5.56. The average Bonchev–Trinajstić information content (AvgIpc) is 2.46. The number of halogens is 1. The molecule has 0 saturated heterocycles. The van der Waals surface area contributed by atoms with Crippen molar-refractivity contribution in [3.8, 4) is 6.07 Å². The van der Waals surface area contributed by atoms with E-state index in [4.69, 9.17) is 22.6 Å². The Labute approximate surface area is 126 Å². The highest BCUT2D eigenvalue weighted by molar-refractivity contribution is 6.32. The zero-order valence-corrected chi connectivity index (χ0v) is 12.7. The molecule has 1 aromatic rings. The second kappa shape index (κ2) is 6.97. The molecular formula is C16H22ClN3. The Morgan fingerprint density at radius 1 is 1.35 bits per heavy atom. The molecule has 20 heavy (non-hydrogen) atoms. The fourth-order valence-electron chi connectivity index (χ4n) is 2.95. The van der Waals surface area contributed by atoms with Gasteiger partial charge < -0.3 is 10.6 Å². The number of nitrogens with zero attached hydrogens (tertiary/aromatic N) is 2. The maximum atomic E-state index is 8.97. The van der Waals surface area contributed by atoms with Crippen molar-refractivity contribution in [1.82, 2.24) is 0 Å². The molecule has 0 aromatic heterocycles. The third kappa shape index (κ3) is 3.45. The van der Waals surface area contributed by atoms with Crippen molar-refractivity contribution < 1.29 is 0 Å². The molecule has 0 amide bonds. The van der Waals surface area contributed by atoms with Crippen LogP contribution in [0.2, 0.25) is 5.02 Å². The lowest BCUT2D eigenvalue weighted by molar-refractivity contribution is 0.375. The predicted octanol–water partition coefficient (Wildman–Crippen LogP) is 3.70. The minimum absolute atomic E-state index is 0.360. The molecule has 0 spiro atoms. The molecule has 1 saturated carbocycles. The maximum absolute atomic E-state index is 8.97. The van der Waals surface area contributed by atoms with E-state index in [9.17, 15) is 0 Å². The van der Waals surface area contributed by atoms with Crippen LogP contribution >= 0.6 is 11.6 Å². The van der Waals surface area contributed by atoms with Gasteiger partial charge in [0.2, 0.25) is 0 Å². The summed E-state index contributed by atoms with van der Waals surface area (Å²) in [5, 5.41) is 9.51. The molecule has 2 rings (SSSR count). The molecule has 1 aliphatic rings. The summed E-state index contributed by atoms with van der Waals surface area (Å²) in [6, 6.07) is 8.76. The lowest BCUT2D eigenvalue weighted by Gasteiger charge is -2.37. The predicted molar refractivity (Wildman–Crippen MR) is 84.0 cm³/mol. The summed E-state index contributed by atoms with van der Waals surface area (Å²) in [7, 11) is 0. The fourth-order valence-corrected chi connectivity index (χ4v) is 3.17. The largest absolute Gasteiger partial charge is 0.369 e. The monoisotopic (exact) mass is 291 g/mol. The minimum Gasteiger partial charge on any atom is -0.369 e. The third-order valence-electron chi connectivity index (χ3n) is 4.05. The van der Waals surface area contributed by atoms with E-state index in [1.165, 1.54) is 0 Å². The molecule has 4 heteroatoms. The number of hydrogen-bond donors (Lipinski definition) is 1. The van der Waals surface area contributed by atoms with E-state index in [0.717, 1.165) is 44.3 Å². The van der Waals surface area contributed by atoms with Crippen LogP contribution in [-0.4, -0.2) is 18.6 Å². The fraction of sp³-hybridized carbons (Fsp3) is 0.562. The average molecular weight is 292 g/mol.